The molecule has 1 aliphatic heterocycles. The highest BCUT2D eigenvalue weighted by Crippen LogP contribution is 2.15. The molecule has 2 rings (SSSR count). The molecule has 5 nitrogen and oxygen atoms in total. The Kier molecular flexibility index (Phi) is 6.37. The Bertz CT molecular complexity index is 568. The van der Waals surface area contributed by atoms with Crippen LogP contribution in [-0.4, -0.2) is 53.8 Å². The lowest BCUT2D eigenvalue weighted by molar-refractivity contribution is -0.139. The zero-order chi connectivity index (χ0) is 17.7. The molecule has 1 N–H and O–H groups in total. The van der Waals surface area contributed by atoms with Gasteiger partial charge >= 0.3 is 0 Å². The minimum Gasteiger partial charge on any atom is -0.353 e. The van der Waals surface area contributed by atoms with E-state index in [2.05, 4.69) is 55.3 Å². The molecular weight excluding hydrogens is 302 g/mol. The first kappa shape index (κ1) is 18.5. The maximum absolute atomic E-state index is 12.6. The molecule has 1 fully saturated rings. The van der Waals surface area contributed by atoms with Gasteiger partial charge in [0.2, 0.25) is 11.8 Å². The number of benzene rings is 1. The predicted molar refractivity (Wildman–Crippen MR) is 95.6 cm³/mol. The lowest BCUT2D eigenvalue weighted by Gasteiger charge is -2.38. The number of piperazine rings is 1. The number of hydrogen-bond acceptors (Lipinski definition) is 3. The molecule has 2 amide bonds. The number of rotatable bonds is 6. The van der Waals surface area contributed by atoms with Crippen molar-refractivity contribution in [1.82, 2.24) is 15.1 Å². The Labute approximate surface area is 145 Å². The van der Waals surface area contributed by atoms with Gasteiger partial charge in [0.15, 0.2) is 0 Å². The quantitative estimate of drug-likeness (QED) is 0.865. The van der Waals surface area contributed by atoms with E-state index in [1.807, 2.05) is 0 Å². The van der Waals surface area contributed by atoms with E-state index in [0.717, 1.165) is 18.5 Å². The molecule has 5 heteroatoms. The first-order valence-electron chi connectivity index (χ1n) is 8.77. The van der Waals surface area contributed by atoms with Gasteiger partial charge in [0, 0.05) is 32.7 Å². The van der Waals surface area contributed by atoms with E-state index in [-0.39, 0.29) is 30.3 Å². The van der Waals surface area contributed by atoms with Gasteiger partial charge in [-0.2, -0.15) is 0 Å². The van der Waals surface area contributed by atoms with Gasteiger partial charge in [-0.1, -0.05) is 31.2 Å². The summed E-state index contributed by atoms with van der Waals surface area (Å²) >= 11 is 0. The van der Waals surface area contributed by atoms with Crippen molar-refractivity contribution in [3.05, 3.63) is 35.4 Å². The number of carbonyl (C=O) groups is 2. The molecule has 0 aliphatic carbocycles. The summed E-state index contributed by atoms with van der Waals surface area (Å²) in [6, 6.07) is 8.22. The van der Waals surface area contributed by atoms with Gasteiger partial charge in [-0.05, 0) is 31.4 Å². The highest BCUT2D eigenvalue weighted by molar-refractivity contribution is 5.88. The average molecular weight is 331 g/mol. The van der Waals surface area contributed by atoms with Crippen molar-refractivity contribution < 1.29 is 9.59 Å². The Morgan fingerprint density at radius 3 is 2.50 bits per heavy atom. The molecule has 1 heterocycles. The molecule has 0 aromatic heterocycles. The smallest absolute Gasteiger partial charge is 0.237 e. The fourth-order valence-electron chi connectivity index (χ4n) is 3.12. The van der Waals surface area contributed by atoms with Crippen LogP contribution in [0.15, 0.2) is 24.3 Å². The van der Waals surface area contributed by atoms with Gasteiger partial charge < -0.3 is 10.2 Å². The van der Waals surface area contributed by atoms with Crippen molar-refractivity contribution in [2.45, 2.75) is 52.2 Å². The molecule has 1 aliphatic rings. The molecule has 0 radical (unpaired) electrons. The van der Waals surface area contributed by atoms with Crippen molar-refractivity contribution in [3.8, 4) is 0 Å². The van der Waals surface area contributed by atoms with Gasteiger partial charge in [-0.15, -0.1) is 0 Å². The Morgan fingerprint density at radius 2 is 1.92 bits per heavy atom. The van der Waals surface area contributed by atoms with Crippen LogP contribution in [0.5, 0.6) is 0 Å². The summed E-state index contributed by atoms with van der Waals surface area (Å²) in [4.78, 5) is 28.6. The Morgan fingerprint density at radius 1 is 1.29 bits per heavy atom. The van der Waals surface area contributed by atoms with Crippen LogP contribution < -0.4 is 5.32 Å². The first-order valence-corrected chi connectivity index (χ1v) is 8.77. The number of hydrogen-bond donors (Lipinski definition) is 1. The van der Waals surface area contributed by atoms with Gasteiger partial charge in [0.1, 0.15) is 0 Å². The topological polar surface area (TPSA) is 52.7 Å². The second-order valence-corrected chi connectivity index (χ2v) is 6.76. The lowest BCUT2D eigenvalue weighted by Crippen LogP contribution is -2.58. The van der Waals surface area contributed by atoms with Crippen molar-refractivity contribution in [2.24, 2.45) is 0 Å². The maximum Gasteiger partial charge on any atom is 0.237 e. The summed E-state index contributed by atoms with van der Waals surface area (Å²) in [6.45, 7) is 8.27. The molecule has 0 saturated carbocycles. The second kappa shape index (κ2) is 8.29. The fraction of sp³-hybridized carbons (Fsp3) is 0.579. The van der Waals surface area contributed by atoms with Crippen LogP contribution >= 0.6 is 0 Å². The summed E-state index contributed by atoms with van der Waals surface area (Å²) in [5.41, 5.74) is 2.40. The second-order valence-electron chi connectivity index (χ2n) is 6.76. The normalized spacial score (nSPS) is 18.5. The highest BCUT2D eigenvalue weighted by atomic mass is 16.2. The average Bonchev–Trinajstić information content (AvgIpc) is 2.57. The molecular formula is C19H29N3O2. The molecule has 1 aromatic rings. The summed E-state index contributed by atoms with van der Waals surface area (Å²) in [5, 5.41) is 2.87. The first-order chi connectivity index (χ1) is 11.4. The molecule has 1 aromatic carbocycles. The zero-order valence-electron chi connectivity index (χ0n) is 15.2. The maximum atomic E-state index is 12.6. The Hall–Kier alpha value is -1.88. The molecule has 0 spiro atoms. The van der Waals surface area contributed by atoms with Gasteiger partial charge in [-0.3, -0.25) is 14.5 Å². The van der Waals surface area contributed by atoms with E-state index in [4.69, 9.17) is 0 Å². The van der Waals surface area contributed by atoms with Crippen molar-refractivity contribution in [1.29, 1.82) is 0 Å². The third kappa shape index (κ3) is 4.57. The standard InChI is InChI=1S/C19H29N3O2/c1-5-15-6-8-16(9-7-15)13-21(4)18(23)12-17-19(24)20-10-11-22(17)14(2)3/h6-9,14,17H,5,10-13H2,1-4H3,(H,20,24). The van der Waals surface area contributed by atoms with Crippen LogP contribution in [0, 0.1) is 0 Å². The van der Waals surface area contributed by atoms with Crippen LogP contribution in [0.3, 0.4) is 0 Å². The minimum absolute atomic E-state index is 0.00210. The van der Waals surface area contributed by atoms with Gasteiger partial charge in [-0.25, -0.2) is 0 Å². The third-order valence-electron chi connectivity index (χ3n) is 4.68. The molecule has 1 saturated heterocycles. The largest absolute Gasteiger partial charge is 0.353 e. The number of carbonyl (C=O) groups excluding carboxylic acids is 2. The van der Waals surface area contributed by atoms with E-state index in [9.17, 15) is 9.59 Å². The van der Waals surface area contributed by atoms with E-state index in [1.165, 1.54) is 5.56 Å². The van der Waals surface area contributed by atoms with E-state index in [0.29, 0.717) is 13.1 Å². The highest BCUT2D eigenvalue weighted by Gasteiger charge is 2.33. The van der Waals surface area contributed by atoms with E-state index < -0.39 is 0 Å². The predicted octanol–water partition coefficient (Wildman–Crippen LogP) is 1.81. The number of aryl methyl sites for hydroxylation is 1. The summed E-state index contributed by atoms with van der Waals surface area (Å²) in [6.07, 6.45) is 1.24. The molecule has 1 atom stereocenters. The van der Waals surface area contributed by atoms with Crippen LogP contribution in [0.1, 0.15) is 38.3 Å². The summed E-state index contributed by atoms with van der Waals surface area (Å²) in [7, 11) is 1.80. The third-order valence-corrected chi connectivity index (χ3v) is 4.68. The lowest BCUT2D eigenvalue weighted by atomic mass is 10.1. The molecule has 132 valence electrons. The van der Waals surface area contributed by atoms with Gasteiger partial charge in [0.05, 0.1) is 12.5 Å². The van der Waals surface area contributed by atoms with Crippen LogP contribution in [-0.2, 0) is 22.6 Å². The molecule has 1 unspecified atom stereocenters. The monoisotopic (exact) mass is 331 g/mol. The summed E-state index contributed by atoms with van der Waals surface area (Å²) in [5.74, 6) is -0.0359. The zero-order valence-corrected chi connectivity index (χ0v) is 15.2. The molecule has 0 bridgehead atoms. The van der Waals surface area contributed by atoms with Crippen molar-refractivity contribution >= 4 is 11.8 Å². The number of nitrogens with one attached hydrogen (secondary N) is 1. The SMILES string of the molecule is CCc1ccc(CN(C)C(=O)CC2C(=O)NCCN2C(C)C)cc1. The van der Waals surface area contributed by atoms with Crippen LogP contribution in [0.4, 0.5) is 0 Å². The minimum atomic E-state index is -0.365. The van der Waals surface area contributed by atoms with Crippen molar-refractivity contribution in [3.63, 3.8) is 0 Å². The van der Waals surface area contributed by atoms with E-state index >= 15 is 0 Å². The number of amides is 2. The molecule has 24 heavy (non-hydrogen) atoms. The summed E-state index contributed by atoms with van der Waals surface area (Å²) < 4.78 is 0. The number of nitrogens with zero attached hydrogens (tertiary/aromatic N) is 2. The van der Waals surface area contributed by atoms with E-state index in [1.54, 1.807) is 11.9 Å². The van der Waals surface area contributed by atoms with Crippen molar-refractivity contribution in [2.75, 3.05) is 20.1 Å². The fourth-order valence-corrected chi connectivity index (χ4v) is 3.12. The Balaban J connectivity index is 1.97. The van der Waals surface area contributed by atoms with Crippen LogP contribution in [0.2, 0.25) is 0 Å². The van der Waals surface area contributed by atoms with Crippen LogP contribution in [0.25, 0.3) is 0 Å². The van der Waals surface area contributed by atoms with Gasteiger partial charge in [0.25, 0.3) is 0 Å².